The van der Waals surface area contributed by atoms with Gasteiger partial charge < -0.3 is 5.73 Å². The largest absolute Gasteiger partial charge is 0.323 e. The van der Waals surface area contributed by atoms with Gasteiger partial charge in [0.2, 0.25) is 0 Å². The number of hydrogen-bond donors (Lipinski definition) is 1. The Kier molecular flexibility index (Phi) is 3.31. The van der Waals surface area contributed by atoms with Crippen LogP contribution in [0.2, 0.25) is 0 Å². The van der Waals surface area contributed by atoms with Crippen LogP contribution in [0.25, 0.3) is 0 Å². The molecule has 4 heteroatoms. The van der Waals surface area contributed by atoms with Crippen molar-refractivity contribution in [3.8, 4) is 0 Å². The molecule has 0 spiro atoms. The minimum atomic E-state index is 0.00195. The first kappa shape index (κ1) is 11.2. The van der Waals surface area contributed by atoms with E-state index in [1.165, 1.54) is 28.2 Å². The summed E-state index contributed by atoms with van der Waals surface area (Å²) < 4.78 is 3.83. The Hall–Kier alpha value is -1.26. The predicted molar refractivity (Wildman–Crippen MR) is 66.5 cm³/mol. The maximum absolute atomic E-state index is 6.09. The summed E-state index contributed by atoms with van der Waals surface area (Å²) in [5.74, 6) is 0. The third-order valence-corrected chi connectivity index (χ3v) is 3.57. The molecule has 1 atom stereocenters. The Morgan fingerprint density at radius 3 is 2.75 bits per heavy atom. The van der Waals surface area contributed by atoms with Gasteiger partial charge in [0.05, 0.1) is 11.1 Å². The van der Waals surface area contributed by atoms with Crippen molar-refractivity contribution in [1.29, 1.82) is 0 Å². The summed E-state index contributed by atoms with van der Waals surface area (Å²) in [4.78, 5) is 1.04. The van der Waals surface area contributed by atoms with Gasteiger partial charge in [-0.15, -0.1) is 5.10 Å². The fraction of sp³-hybridized carbons (Fsp3) is 0.333. The highest BCUT2D eigenvalue weighted by molar-refractivity contribution is 7.05. The van der Waals surface area contributed by atoms with Gasteiger partial charge in [0, 0.05) is 6.04 Å². The molecule has 1 heterocycles. The highest BCUT2D eigenvalue weighted by Gasteiger charge is 2.09. The van der Waals surface area contributed by atoms with Gasteiger partial charge in [0.25, 0.3) is 0 Å². The molecule has 1 unspecified atom stereocenters. The van der Waals surface area contributed by atoms with Crippen LogP contribution in [0.15, 0.2) is 24.4 Å². The molecular weight excluding hydrogens is 218 g/mol. The minimum absolute atomic E-state index is 0.00195. The summed E-state index contributed by atoms with van der Waals surface area (Å²) in [7, 11) is 0. The number of nitrogens with zero attached hydrogens (tertiary/aromatic N) is 2. The second-order valence-corrected chi connectivity index (χ2v) is 4.87. The van der Waals surface area contributed by atoms with Crippen LogP contribution in [-0.4, -0.2) is 9.59 Å². The average molecular weight is 233 g/mol. The third kappa shape index (κ3) is 2.46. The molecule has 2 aromatic rings. The molecule has 0 radical (unpaired) electrons. The van der Waals surface area contributed by atoms with Gasteiger partial charge in [0.1, 0.15) is 0 Å². The van der Waals surface area contributed by atoms with Crippen molar-refractivity contribution in [3.63, 3.8) is 0 Å². The highest BCUT2D eigenvalue weighted by Crippen LogP contribution is 2.19. The van der Waals surface area contributed by atoms with Crippen LogP contribution in [-0.2, 0) is 6.42 Å². The zero-order chi connectivity index (χ0) is 11.5. The van der Waals surface area contributed by atoms with Crippen molar-refractivity contribution in [2.75, 3.05) is 0 Å². The molecule has 0 amide bonds. The highest BCUT2D eigenvalue weighted by atomic mass is 32.1. The van der Waals surface area contributed by atoms with Crippen molar-refractivity contribution < 1.29 is 0 Å². The molecule has 0 fully saturated rings. The molecule has 0 saturated carbocycles. The third-order valence-electron chi connectivity index (χ3n) is 2.77. The van der Waals surface area contributed by atoms with Crippen LogP contribution in [0.5, 0.6) is 0 Å². The molecule has 2 rings (SSSR count). The summed E-state index contributed by atoms with van der Waals surface area (Å²) >= 11 is 1.37. The lowest BCUT2D eigenvalue weighted by molar-refractivity contribution is 0.733. The Morgan fingerprint density at radius 1 is 1.31 bits per heavy atom. The van der Waals surface area contributed by atoms with E-state index in [2.05, 4.69) is 41.6 Å². The second-order valence-electron chi connectivity index (χ2n) is 4.05. The van der Waals surface area contributed by atoms with E-state index in [-0.39, 0.29) is 6.04 Å². The van der Waals surface area contributed by atoms with Crippen LogP contribution in [0.4, 0.5) is 0 Å². The van der Waals surface area contributed by atoms with Crippen molar-refractivity contribution >= 4 is 11.5 Å². The standard InChI is InChI=1S/C12H15N3S/c1-8-3-4-10(5-9(8)2)6-11(13)12-7-14-15-16-12/h3-5,7,11H,6,13H2,1-2H3. The van der Waals surface area contributed by atoms with Crippen LogP contribution in [0.1, 0.15) is 27.6 Å². The summed E-state index contributed by atoms with van der Waals surface area (Å²) in [5, 5.41) is 3.81. The normalized spacial score (nSPS) is 12.7. The van der Waals surface area contributed by atoms with Crippen LogP contribution in [0, 0.1) is 13.8 Å². The molecule has 0 aliphatic rings. The molecule has 0 aliphatic heterocycles. The van der Waals surface area contributed by atoms with E-state index in [1.807, 2.05) is 0 Å². The number of aromatic nitrogens is 2. The number of rotatable bonds is 3. The van der Waals surface area contributed by atoms with Crippen molar-refractivity contribution in [1.82, 2.24) is 9.59 Å². The molecule has 84 valence electrons. The first-order valence-electron chi connectivity index (χ1n) is 5.26. The summed E-state index contributed by atoms with van der Waals surface area (Å²) in [6.45, 7) is 4.24. The van der Waals surface area contributed by atoms with E-state index in [0.717, 1.165) is 11.3 Å². The van der Waals surface area contributed by atoms with Crippen molar-refractivity contribution in [3.05, 3.63) is 46.0 Å². The second kappa shape index (κ2) is 4.72. The number of hydrogen-bond acceptors (Lipinski definition) is 4. The summed E-state index contributed by atoms with van der Waals surface area (Å²) in [6, 6.07) is 6.48. The quantitative estimate of drug-likeness (QED) is 0.885. The van der Waals surface area contributed by atoms with E-state index in [9.17, 15) is 0 Å². The Morgan fingerprint density at radius 2 is 2.12 bits per heavy atom. The lowest BCUT2D eigenvalue weighted by Gasteiger charge is -2.10. The van der Waals surface area contributed by atoms with E-state index >= 15 is 0 Å². The van der Waals surface area contributed by atoms with Gasteiger partial charge in [-0.25, -0.2) is 0 Å². The van der Waals surface area contributed by atoms with E-state index in [1.54, 1.807) is 6.20 Å². The van der Waals surface area contributed by atoms with Crippen molar-refractivity contribution in [2.24, 2.45) is 5.73 Å². The van der Waals surface area contributed by atoms with Crippen LogP contribution in [0.3, 0.4) is 0 Å². The number of benzene rings is 1. The maximum atomic E-state index is 6.09. The van der Waals surface area contributed by atoms with Crippen LogP contribution >= 0.6 is 11.5 Å². The lowest BCUT2D eigenvalue weighted by Crippen LogP contribution is -2.11. The van der Waals surface area contributed by atoms with Crippen molar-refractivity contribution in [2.45, 2.75) is 26.3 Å². The molecular formula is C12H15N3S. The molecule has 0 bridgehead atoms. The monoisotopic (exact) mass is 233 g/mol. The SMILES string of the molecule is Cc1ccc(CC(N)c2cnns2)cc1C. The van der Waals surface area contributed by atoms with Gasteiger partial charge in [0.15, 0.2) is 0 Å². The fourth-order valence-corrected chi connectivity index (χ4v) is 2.12. The Balaban J connectivity index is 2.12. The average Bonchev–Trinajstić information content (AvgIpc) is 2.77. The number of aryl methyl sites for hydroxylation is 2. The smallest absolute Gasteiger partial charge is 0.0669 e. The first-order valence-corrected chi connectivity index (χ1v) is 6.03. The number of nitrogens with two attached hydrogens (primary N) is 1. The van der Waals surface area contributed by atoms with Gasteiger partial charge in [-0.2, -0.15) is 0 Å². The molecule has 3 nitrogen and oxygen atoms in total. The van der Waals surface area contributed by atoms with Gasteiger partial charge in [-0.3, -0.25) is 0 Å². The maximum Gasteiger partial charge on any atom is 0.0669 e. The van der Waals surface area contributed by atoms with E-state index in [4.69, 9.17) is 5.73 Å². The van der Waals surface area contributed by atoms with E-state index in [0.29, 0.717) is 0 Å². The fourth-order valence-electron chi connectivity index (χ4n) is 1.62. The minimum Gasteiger partial charge on any atom is -0.323 e. The zero-order valence-corrected chi connectivity index (χ0v) is 10.3. The molecule has 2 N–H and O–H groups in total. The topological polar surface area (TPSA) is 51.8 Å². The lowest BCUT2D eigenvalue weighted by atomic mass is 10.0. The zero-order valence-electron chi connectivity index (χ0n) is 9.47. The predicted octanol–water partition coefficient (Wildman–Crippen LogP) is 2.40. The van der Waals surface area contributed by atoms with Gasteiger partial charge in [-0.05, 0) is 48.5 Å². The molecule has 1 aromatic heterocycles. The van der Waals surface area contributed by atoms with Gasteiger partial charge in [-0.1, -0.05) is 22.7 Å². The summed E-state index contributed by atoms with van der Waals surface area (Å²) in [6.07, 6.45) is 2.58. The molecule has 0 saturated heterocycles. The summed E-state index contributed by atoms with van der Waals surface area (Å²) in [5.41, 5.74) is 9.99. The first-order chi connectivity index (χ1) is 7.66. The van der Waals surface area contributed by atoms with Gasteiger partial charge >= 0.3 is 0 Å². The van der Waals surface area contributed by atoms with E-state index < -0.39 is 0 Å². The molecule has 16 heavy (non-hydrogen) atoms. The Labute approximate surface area is 99.5 Å². The molecule has 1 aromatic carbocycles. The molecule has 0 aliphatic carbocycles. The Bertz CT molecular complexity index is 465. The van der Waals surface area contributed by atoms with Crippen LogP contribution < -0.4 is 5.73 Å².